The smallest absolute Gasteiger partial charge is 0.224 e. The molecule has 2 aliphatic carbocycles. The van der Waals surface area contributed by atoms with Gasteiger partial charge in [-0.25, -0.2) is 0 Å². The molecule has 170 valence electrons. The summed E-state index contributed by atoms with van der Waals surface area (Å²) >= 11 is 0. The SMILES string of the molecule is CCCC[C@](C)(O)CC=C[C@@H]1[C@H]2CC(COCCC(=O)N3CCCC3)=C[C@H]2C[C@H]1O. The van der Waals surface area contributed by atoms with Crippen LogP contribution in [0, 0.1) is 17.8 Å². The van der Waals surface area contributed by atoms with Crippen LogP contribution in [0.4, 0.5) is 0 Å². The standard InChI is InChI=1S/C25H41NO4/c1-3-4-10-25(2,29)11-7-8-21-22-16-19(15-20(22)17-23(21)27)18-30-14-9-24(28)26-12-5-6-13-26/h7-8,15,20-23,27,29H,3-6,9-14,16-18H2,1-2H3/t20-,21+,22-,23+,25-/m0/s1. The van der Waals surface area contributed by atoms with E-state index in [0.717, 1.165) is 58.0 Å². The fourth-order valence-corrected chi connectivity index (χ4v) is 5.34. The van der Waals surface area contributed by atoms with Crippen molar-refractivity contribution in [2.24, 2.45) is 17.8 Å². The predicted octanol–water partition coefficient (Wildman–Crippen LogP) is 3.85. The first-order valence-corrected chi connectivity index (χ1v) is 12.0. The van der Waals surface area contributed by atoms with Crippen LogP contribution in [0.15, 0.2) is 23.8 Å². The Morgan fingerprint density at radius 1 is 1.37 bits per heavy atom. The molecular weight excluding hydrogens is 378 g/mol. The molecule has 1 amide bonds. The Kier molecular flexibility index (Phi) is 8.55. The number of amides is 1. The van der Waals surface area contributed by atoms with Gasteiger partial charge in [-0.2, -0.15) is 0 Å². The van der Waals surface area contributed by atoms with E-state index in [9.17, 15) is 15.0 Å². The predicted molar refractivity (Wildman–Crippen MR) is 119 cm³/mol. The lowest BCUT2D eigenvalue weighted by atomic mass is 9.88. The van der Waals surface area contributed by atoms with Gasteiger partial charge in [0.05, 0.1) is 31.3 Å². The zero-order valence-electron chi connectivity index (χ0n) is 18.9. The number of unbranched alkanes of at least 4 members (excludes halogenated alkanes) is 1. The van der Waals surface area contributed by atoms with Crippen molar-refractivity contribution in [1.82, 2.24) is 4.90 Å². The van der Waals surface area contributed by atoms with Crippen LogP contribution in [0.25, 0.3) is 0 Å². The summed E-state index contributed by atoms with van der Waals surface area (Å²) in [7, 11) is 0. The topological polar surface area (TPSA) is 70.0 Å². The van der Waals surface area contributed by atoms with E-state index in [1.807, 2.05) is 11.8 Å². The van der Waals surface area contributed by atoms with Gasteiger partial charge in [0, 0.05) is 19.0 Å². The monoisotopic (exact) mass is 419 g/mol. The van der Waals surface area contributed by atoms with Crippen molar-refractivity contribution in [3.05, 3.63) is 23.8 Å². The van der Waals surface area contributed by atoms with Crippen molar-refractivity contribution < 1.29 is 19.7 Å². The summed E-state index contributed by atoms with van der Waals surface area (Å²) in [5, 5.41) is 21.0. The Bertz CT molecular complexity index is 621. The van der Waals surface area contributed by atoms with Gasteiger partial charge >= 0.3 is 0 Å². The summed E-state index contributed by atoms with van der Waals surface area (Å²) < 4.78 is 5.81. The van der Waals surface area contributed by atoms with Crippen LogP contribution in [0.1, 0.15) is 71.6 Å². The van der Waals surface area contributed by atoms with E-state index in [0.29, 0.717) is 37.9 Å². The minimum Gasteiger partial charge on any atom is -0.392 e. The first-order chi connectivity index (χ1) is 14.4. The Hall–Kier alpha value is -1.17. The van der Waals surface area contributed by atoms with Gasteiger partial charge in [0.15, 0.2) is 0 Å². The first kappa shape index (κ1) is 23.5. The molecule has 1 heterocycles. The molecule has 3 rings (SSSR count). The fraction of sp³-hybridized carbons (Fsp3) is 0.800. The highest BCUT2D eigenvalue weighted by Gasteiger charge is 2.43. The van der Waals surface area contributed by atoms with E-state index in [1.54, 1.807) is 0 Å². The van der Waals surface area contributed by atoms with Crippen LogP contribution in [0.5, 0.6) is 0 Å². The van der Waals surface area contributed by atoms with Crippen LogP contribution in [-0.4, -0.2) is 59.0 Å². The lowest BCUT2D eigenvalue weighted by molar-refractivity contribution is -0.131. The molecule has 3 aliphatic rings. The maximum absolute atomic E-state index is 12.1. The fourth-order valence-electron chi connectivity index (χ4n) is 5.34. The molecule has 30 heavy (non-hydrogen) atoms. The molecule has 5 atom stereocenters. The molecule has 0 radical (unpaired) electrons. The van der Waals surface area contributed by atoms with Gasteiger partial charge in [0.1, 0.15) is 0 Å². The van der Waals surface area contributed by atoms with Gasteiger partial charge in [-0.05, 0) is 62.9 Å². The van der Waals surface area contributed by atoms with Crippen molar-refractivity contribution in [1.29, 1.82) is 0 Å². The van der Waals surface area contributed by atoms with Crippen molar-refractivity contribution >= 4 is 5.91 Å². The van der Waals surface area contributed by atoms with Gasteiger partial charge < -0.3 is 19.8 Å². The second-order valence-corrected chi connectivity index (χ2v) is 9.86. The molecule has 1 saturated heterocycles. The van der Waals surface area contributed by atoms with Crippen LogP contribution >= 0.6 is 0 Å². The molecular formula is C25H41NO4. The average molecular weight is 420 g/mol. The van der Waals surface area contributed by atoms with Crippen molar-refractivity contribution in [3.8, 4) is 0 Å². The van der Waals surface area contributed by atoms with Gasteiger partial charge in [0.25, 0.3) is 0 Å². The minimum atomic E-state index is -0.658. The van der Waals surface area contributed by atoms with Crippen LogP contribution in [-0.2, 0) is 9.53 Å². The molecule has 1 aliphatic heterocycles. The molecule has 0 spiro atoms. The molecule has 5 heteroatoms. The van der Waals surface area contributed by atoms with Gasteiger partial charge in [0.2, 0.25) is 5.91 Å². The first-order valence-electron chi connectivity index (χ1n) is 12.0. The Labute approximate surface area is 182 Å². The van der Waals surface area contributed by atoms with Gasteiger partial charge in [-0.3, -0.25) is 4.79 Å². The highest BCUT2D eigenvalue weighted by atomic mass is 16.5. The van der Waals surface area contributed by atoms with E-state index in [1.165, 1.54) is 5.57 Å². The molecule has 0 aromatic carbocycles. The maximum Gasteiger partial charge on any atom is 0.224 e. The van der Waals surface area contributed by atoms with E-state index >= 15 is 0 Å². The molecule has 1 saturated carbocycles. The summed E-state index contributed by atoms with van der Waals surface area (Å²) in [6.45, 7) is 6.93. The summed E-state index contributed by atoms with van der Waals surface area (Å²) in [6, 6.07) is 0. The zero-order valence-corrected chi connectivity index (χ0v) is 18.9. The Balaban J connectivity index is 1.40. The number of likely N-dealkylation sites (tertiary alicyclic amines) is 1. The molecule has 0 aromatic heterocycles. The second kappa shape index (κ2) is 10.9. The highest BCUT2D eigenvalue weighted by Crippen LogP contribution is 2.47. The van der Waals surface area contributed by atoms with E-state index < -0.39 is 5.60 Å². The Morgan fingerprint density at radius 2 is 2.13 bits per heavy atom. The number of hydrogen-bond acceptors (Lipinski definition) is 4. The van der Waals surface area contributed by atoms with Gasteiger partial charge in [-0.15, -0.1) is 0 Å². The molecule has 5 nitrogen and oxygen atoms in total. The van der Waals surface area contributed by atoms with Crippen LogP contribution in [0.3, 0.4) is 0 Å². The average Bonchev–Trinajstić information content (AvgIpc) is 3.42. The summed E-state index contributed by atoms with van der Waals surface area (Å²) in [4.78, 5) is 14.0. The molecule has 0 unspecified atom stereocenters. The number of carbonyl (C=O) groups is 1. The molecule has 2 fully saturated rings. The normalized spacial score (nSPS) is 30.7. The number of rotatable bonds is 11. The Morgan fingerprint density at radius 3 is 2.87 bits per heavy atom. The molecule has 0 bridgehead atoms. The largest absolute Gasteiger partial charge is 0.392 e. The number of aliphatic hydroxyl groups excluding tert-OH is 1. The number of allylic oxidation sites excluding steroid dienone is 1. The maximum atomic E-state index is 12.1. The lowest BCUT2D eigenvalue weighted by Gasteiger charge is -2.22. The van der Waals surface area contributed by atoms with E-state index in [4.69, 9.17) is 4.74 Å². The number of nitrogens with zero attached hydrogens (tertiary/aromatic N) is 1. The zero-order chi connectivity index (χ0) is 21.6. The second-order valence-electron chi connectivity index (χ2n) is 9.86. The van der Waals surface area contributed by atoms with Crippen molar-refractivity contribution in [3.63, 3.8) is 0 Å². The summed E-state index contributed by atoms with van der Waals surface area (Å²) in [6.07, 6.45) is 14.3. The lowest BCUT2D eigenvalue weighted by Crippen LogP contribution is -2.28. The van der Waals surface area contributed by atoms with Crippen molar-refractivity contribution in [2.75, 3.05) is 26.3 Å². The number of carbonyl (C=O) groups excluding carboxylic acids is 1. The quantitative estimate of drug-likeness (QED) is 0.394. The number of aliphatic hydroxyl groups is 2. The van der Waals surface area contributed by atoms with Crippen LogP contribution in [0.2, 0.25) is 0 Å². The number of hydrogen-bond donors (Lipinski definition) is 2. The third-order valence-corrected chi connectivity index (χ3v) is 7.14. The minimum absolute atomic E-state index is 0.155. The molecule has 2 N–H and O–H groups in total. The summed E-state index contributed by atoms with van der Waals surface area (Å²) in [5.74, 6) is 1.22. The molecule has 0 aromatic rings. The summed E-state index contributed by atoms with van der Waals surface area (Å²) in [5.41, 5.74) is 0.647. The van der Waals surface area contributed by atoms with Crippen LogP contribution < -0.4 is 0 Å². The number of ether oxygens (including phenoxy) is 1. The van der Waals surface area contributed by atoms with Gasteiger partial charge in [-0.1, -0.05) is 38.0 Å². The third kappa shape index (κ3) is 6.41. The highest BCUT2D eigenvalue weighted by molar-refractivity contribution is 5.76. The number of fused-ring (bicyclic) bond motifs is 1. The van der Waals surface area contributed by atoms with E-state index in [2.05, 4.69) is 25.2 Å². The third-order valence-electron chi connectivity index (χ3n) is 7.14. The van der Waals surface area contributed by atoms with E-state index in [-0.39, 0.29) is 17.9 Å². The van der Waals surface area contributed by atoms with Crippen molar-refractivity contribution in [2.45, 2.75) is 83.3 Å².